The number of likely N-dealkylation sites (N-methyl/N-ethyl adjacent to an activating group) is 3. The van der Waals surface area contributed by atoms with Crippen molar-refractivity contribution in [2.75, 3.05) is 21.1 Å². The summed E-state index contributed by atoms with van der Waals surface area (Å²) in [5.74, 6) is 0. The van der Waals surface area contributed by atoms with E-state index in [9.17, 15) is 0 Å². The van der Waals surface area contributed by atoms with E-state index in [1.165, 1.54) is 0 Å². The Morgan fingerprint density at radius 1 is 1.22 bits per heavy atom. The second-order valence-electron chi connectivity index (χ2n) is 1.56. The van der Waals surface area contributed by atoms with Gasteiger partial charge in [0, 0.05) is 0 Å². The lowest BCUT2D eigenvalue weighted by atomic mass is 10.5. The molecule has 0 aliphatic carbocycles. The smallest absolute Gasteiger partial charge is 0.133 e. The molecule has 0 rings (SSSR count). The van der Waals surface area contributed by atoms with Gasteiger partial charge in [-0.15, -0.1) is 11.6 Å². The van der Waals surface area contributed by atoms with Crippen LogP contribution in [0.1, 0.15) is 0 Å². The van der Waals surface area contributed by atoms with Crippen molar-refractivity contribution in [3.63, 3.8) is 0 Å². The molecule has 4 heteroatoms. The SMILES string of the molecule is CN[C](NC)C(Cl)NC. The summed E-state index contributed by atoms with van der Waals surface area (Å²) in [5, 5.41) is 8.70. The van der Waals surface area contributed by atoms with Gasteiger partial charge in [-0.3, -0.25) is 10.6 Å². The van der Waals surface area contributed by atoms with Gasteiger partial charge in [0.15, 0.2) is 0 Å². The lowest BCUT2D eigenvalue weighted by Gasteiger charge is -2.18. The highest BCUT2D eigenvalue weighted by molar-refractivity contribution is 6.21. The molecule has 0 spiro atoms. The zero-order chi connectivity index (χ0) is 7.28. The maximum Gasteiger partial charge on any atom is 0.133 e. The third-order valence-electron chi connectivity index (χ3n) is 1.05. The first-order valence-corrected chi connectivity index (χ1v) is 3.23. The Balaban J connectivity index is 3.50. The van der Waals surface area contributed by atoms with Crippen LogP contribution in [-0.4, -0.2) is 26.6 Å². The van der Waals surface area contributed by atoms with E-state index in [1.807, 2.05) is 14.1 Å². The topological polar surface area (TPSA) is 36.1 Å². The minimum absolute atomic E-state index is 0.153. The molecule has 3 N–H and O–H groups in total. The second-order valence-corrected chi connectivity index (χ2v) is 2.00. The molecule has 0 aromatic carbocycles. The van der Waals surface area contributed by atoms with Crippen molar-refractivity contribution in [2.45, 2.75) is 5.50 Å². The Labute approximate surface area is 61.2 Å². The highest BCUT2D eigenvalue weighted by Gasteiger charge is 2.12. The Morgan fingerprint density at radius 2 is 1.67 bits per heavy atom. The number of halogens is 1. The highest BCUT2D eigenvalue weighted by Crippen LogP contribution is 1.99. The molecule has 1 unspecified atom stereocenters. The Hall–Kier alpha value is 0.170. The van der Waals surface area contributed by atoms with Crippen LogP contribution in [0.3, 0.4) is 0 Å². The van der Waals surface area contributed by atoms with E-state index >= 15 is 0 Å². The van der Waals surface area contributed by atoms with Gasteiger partial charge >= 0.3 is 0 Å². The van der Waals surface area contributed by atoms with E-state index in [2.05, 4.69) is 16.0 Å². The molecular weight excluding hydrogens is 138 g/mol. The number of nitrogens with one attached hydrogen (secondary N) is 3. The van der Waals surface area contributed by atoms with E-state index in [0.717, 1.165) is 6.17 Å². The van der Waals surface area contributed by atoms with Crippen LogP contribution in [0.2, 0.25) is 0 Å². The quantitative estimate of drug-likeness (QED) is 0.381. The molecule has 0 aromatic heterocycles. The summed E-state index contributed by atoms with van der Waals surface area (Å²) in [6.45, 7) is 0. The summed E-state index contributed by atoms with van der Waals surface area (Å²) >= 11 is 5.76. The summed E-state index contributed by atoms with van der Waals surface area (Å²) in [5.41, 5.74) is -0.153. The van der Waals surface area contributed by atoms with Crippen molar-refractivity contribution >= 4 is 11.6 Å². The van der Waals surface area contributed by atoms with E-state index < -0.39 is 0 Å². The molecule has 0 saturated heterocycles. The third-order valence-corrected chi connectivity index (χ3v) is 1.48. The van der Waals surface area contributed by atoms with Crippen LogP contribution in [0, 0.1) is 6.17 Å². The van der Waals surface area contributed by atoms with Crippen LogP contribution >= 0.6 is 11.6 Å². The average molecular weight is 151 g/mol. The van der Waals surface area contributed by atoms with Gasteiger partial charge in [0.05, 0.1) is 0 Å². The molecular formula is C5H13ClN3. The average Bonchev–Trinajstić information content (AvgIpc) is 1.90. The van der Waals surface area contributed by atoms with Crippen LogP contribution in [0.4, 0.5) is 0 Å². The van der Waals surface area contributed by atoms with Crippen molar-refractivity contribution in [3.8, 4) is 0 Å². The van der Waals surface area contributed by atoms with Gasteiger partial charge in [-0.2, -0.15) is 0 Å². The zero-order valence-corrected chi connectivity index (χ0v) is 6.71. The molecule has 55 valence electrons. The summed E-state index contributed by atoms with van der Waals surface area (Å²) in [4.78, 5) is 0. The van der Waals surface area contributed by atoms with Crippen LogP contribution in [0.15, 0.2) is 0 Å². The van der Waals surface area contributed by atoms with Gasteiger partial charge < -0.3 is 5.32 Å². The lowest BCUT2D eigenvalue weighted by molar-refractivity contribution is 0.575. The van der Waals surface area contributed by atoms with Gasteiger partial charge in [0.25, 0.3) is 0 Å². The first kappa shape index (κ1) is 9.17. The van der Waals surface area contributed by atoms with Gasteiger partial charge in [0.2, 0.25) is 0 Å². The van der Waals surface area contributed by atoms with Crippen molar-refractivity contribution < 1.29 is 0 Å². The van der Waals surface area contributed by atoms with Gasteiger partial charge in [-0.1, -0.05) is 0 Å². The normalized spacial score (nSPS) is 14.3. The largest absolute Gasteiger partial charge is 0.302 e. The number of rotatable bonds is 4. The highest BCUT2D eigenvalue weighted by atomic mass is 35.5. The predicted molar refractivity (Wildman–Crippen MR) is 40.1 cm³/mol. The Kier molecular flexibility index (Phi) is 5.09. The van der Waals surface area contributed by atoms with Gasteiger partial charge in [0.1, 0.15) is 11.7 Å². The molecule has 0 aliphatic heterocycles. The summed E-state index contributed by atoms with van der Waals surface area (Å²) < 4.78 is 0. The van der Waals surface area contributed by atoms with Gasteiger partial charge in [-0.25, -0.2) is 0 Å². The van der Waals surface area contributed by atoms with Crippen molar-refractivity contribution in [1.82, 2.24) is 16.0 Å². The second kappa shape index (κ2) is 4.99. The molecule has 3 nitrogen and oxygen atoms in total. The molecule has 0 aromatic rings. The maximum absolute atomic E-state index is 5.76. The zero-order valence-electron chi connectivity index (χ0n) is 5.96. The van der Waals surface area contributed by atoms with E-state index in [0.29, 0.717) is 0 Å². The maximum atomic E-state index is 5.76. The van der Waals surface area contributed by atoms with Crippen molar-refractivity contribution in [1.29, 1.82) is 0 Å². The number of hydrogen-bond donors (Lipinski definition) is 3. The van der Waals surface area contributed by atoms with Gasteiger partial charge in [-0.05, 0) is 21.1 Å². The third kappa shape index (κ3) is 3.01. The molecule has 0 aliphatic rings. The van der Waals surface area contributed by atoms with Crippen LogP contribution in [0.25, 0.3) is 0 Å². The minimum atomic E-state index is -0.153. The predicted octanol–water partition coefficient (Wildman–Crippen LogP) is -0.301. The first-order valence-electron chi connectivity index (χ1n) is 2.80. The van der Waals surface area contributed by atoms with Crippen LogP contribution < -0.4 is 16.0 Å². The Morgan fingerprint density at radius 3 is 1.78 bits per heavy atom. The Bertz CT molecular complexity index is 65.2. The fraction of sp³-hybridized carbons (Fsp3) is 0.800. The van der Waals surface area contributed by atoms with Crippen molar-refractivity contribution in [3.05, 3.63) is 6.17 Å². The number of alkyl halides is 1. The molecule has 0 bridgehead atoms. The van der Waals surface area contributed by atoms with E-state index in [1.54, 1.807) is 7.05 Å². The fourth-order valence-electron chi connectivity index (χ4n) is 0.523. The first-order chi connectivity index (χ1) is 4.26. The van der Waals surface area contributed by atoms with E-state index in [4.69, 9.17) is 11.6 Å². The molecule has 1 atom stereocenters. The van der Waals surface area contributed by atoms with Crippen molar-refractivity contribution in [2.24, 2.45) is 0 Å². The number of hydrogen-bond acceptors (Lipinski definition) is 3. The summed E-state index contributed by atoms with van der Waals surface area (Å²) in [7, 11) is 5.43. The molecule has 9 heavy (non-hydrogen) atoms. The molecule has 0 heterocycles. The lowest BCUT2D eigenvalue weighted by Crippen LogP contribution is -2.42. The van der Waals surface area contributed by atoms with E-state index in [-0.39, 0.29) is 5.50 Å². The molecule has 1 radical (unpaired) electrons. The fourth-order valence-corrected chi connectivity index (χ4v) is 0.741. The standard InChI is InChI=1S/C5H13ClN3/c1-7-4(6)5(8-2)9-3/h4,7-9H,1-3H3. The van der Waals surface area contributed by atoms with Crippen LogP contribution in [-0.2, 0) is 0 Å². The summed E-state index contributed by atoms with van der Waals surface area (Å²) in [6.07, 6.45) is 0.874. The van der Waals surface area contributed by atoms with Crippen LogP contribution in [0.5, 0.6) is 0 Å². The molecule has 0 fully saturated rings. The minimum Gasteiger partial charge on any atom is -0.302 e. The summed E-state index contributed by atoms with van der Waals surface area (Å²) in [6, 6.07) is 0. The molecule has 0 saturated carbocycles. The monoisotopic (exact) mass is 150 g/mol. The molecule has 0 amide bonds.